The summed E-state index contributed by atoms with van der Waals surface area (Å²) in [4.78, 5) is 34.0. The van der Waals surface area contributed by atoms with Gasteiger partial charge in [-0.2, -0.15) is 11.8 Å². The topological polar surface area (TPSA) is 65.5 Å². The Morgan fingerprint density at radius 2 is 1.79 bits per heavy atom. The fourth-order valence-corrected chi connectivity index (χ4v) is 3.71. The molecule has 0 unspecified atom stereocenters. The molecule has 0 aliphatic carbocycles. The third-order valence-corrected chi connectivity index (χ3v) is 5.46. The lowest BCUT2D eigenvalue weighted by atomic mass is 10.1. The van der Waals surface area contributed by atoms with Gasteiger partial charge < -0.3 is 15.1 Å². The normalized spacial score (nSPS) is 15.2. The Bertz CT molecular complexity index is 764. The Balaban J connectivity index is 1.61. The first-order valence-corrected chi connectivity index (χ1v) is 10.9. The molecule has 1 aliphatic heterocycles. The van der Waals surface area contributed by atoms with Crippen LogP contribution in [0.25, 0.3) is 0 Å². The van der Waals surface area contributed by atoms with Gasteiger partial charge in [-0.25, -0.2) is 4.98 Å². The lowest BCUT2D eigenvalue weighted by Gasteiger charge is -2.37. The minimum absolute atomic E-state index is 0.000924. The average molecular weight is 399 g/mol. The van der Waals surface area contributed by atoms with Crippen LogP contribution in [0.2, 0.25) is 0 Å². The number of nitrogens with one attached hydrogen (secondary N) is 1. The van der Waals surface area contributed by atoms with Gasteiger partial charge in [-0.05, 0) is 42.7 Å². The summed E-state index contributed by atoms with van der Waals surface area (Å²) in [5.41, 5.74) is 0.574. The van der Waals surface area contributed by atoms with Crippen LogP contribution in [0.3, 0.4) is 0 Å². The number of amides is 2. The van der Waals surface area contributed by atoms with Crippen molar-refractivity contribution in [2.45, 2.75) is 12.5 Å². The van der Waals surface area contributed by atoms with Crippen LogP contribution in [0.1, 0.15) is 16.8 Å². The third kappa shape index (κ3) is 5.25. The van der Waals surface area contributed by atoms with Crippen molar-refractivity contribution in [1.82, 2.24) is 15.2 Å². The van der Waals surface area contributed by atoms with E-state index in [0.29, 0.717) is 25.1 Å². The van der Waals surface area contributed by atoms with Crippen molar-refractivity contribution in [2.24, 2.45) is 0 Å². The molecule has 1 aromatic carbocycles. The van der Waals surface area contributed by atoms with E-state index in [4.69, 9.17) is 0 Å². The zero-order valence-corrected chi connectivity index (χ0v) is 16.9. The lowest BCUT2D eigenvalue weighted by molar-refractivity contribution is -0.133. The molecule has 0 bridgehead atoms. The molecular formula is C21H26N4O2S. The minimum Gasteiger partial charge on any atom is -0.353 e. The standard InChI is InChI=1S/C21H26N4O2S/c1-28-16-10-18(23-20(26)17-7-3-2-4-8-17)21(27)25-14-12-24(13-15-25)19-9-5-6-11-22-19/h2-9,11,18H,10,12-16H2,1H3,(H,23,26)/t18-/m0/s1. The van der Waals surface area contributed by atoms with E-state index < -0.39 is 6.04 Å². The van der Waals surface area contributed by atoms with Gasteiger partial charge in [-0.3, -0.25) is 9.59 Å². The number of benzene rings is 1. The first kappa shape index (κ1) is 20.2. The van der Waals surface area contributed by atoms with Crippen LogP contribution in [0, 0.1) is 0 Å². The van der Waals surface area contributed by atoms with Gasteiger partial charge in [-0.1, -0.05) is 24.3 Å². The van der Waals surface area contributed by atoms with E-state index in [2.05, 4.69) is 15.2 Å². The molecule has 0 spiro atoms. The highest BCUT2D eigenvalue weighted by atomic mass is 32.2. The number of hydrogen-bond donors (Lipinski definition) is 1. The summed E-state index contributed by atoms with van der Waals surface area (Å²) in [7, 11) is 0. The lowest BCUT2D eigenvalue weighted by Crippen LogP contribution is -2.55. The zero-order chi connectivity index (χ0) is 19.8. The summed E-state index contributed by atoms with van der Waals surface area (Å²) in [5, 5.41) is 2.94. The smallest absolute Gasteiger partial charge is 0.251 e. The Morgan fingerprint density at radius 1 is 1.07 bits per heavy atom. The van der Waals surface area contributed by atoms with Crippen LogP contribution in [0.4, 0.5) is 5.82 Å². The van der Waals surface area contributed by atoms with E-state index >= 15 is 0 Å². The Morgan fingerprint density at radius 3 is 2.43 bits per heavy atom. The molecule has 3 rings (SSSR count). The molecule has 1 atom stereocenters. The van der Waals surface area contributed by atoms with Crippen molar-refractivity contribution in [3.05, 3.63) is 60.3 Å². The number of pyridine rings is 1. The van der Waals surface area contributed by atoms with E-state index in [9.17, 15) is 9.59 Å². The van der Waals surface area contributed by atoms with Gasteiger partial charge in [0, 0.05) is 37.9 Å². The highest BCUT2D eigenvalue weighted by Gasteiger charge is 2.28. The van der Waals surface area contributed by atoms with Crippen molar-refractivity contribution in [3.63, 3.8) is 0 Å². The van der Waals surface area contributed by atoms with E-state index in [0.717, 1.165) is 24.7 Å². The van der Waals surface area contributed by atoms with Gasteiger partial charge in [0.2, 0.25) is 5.91 Å². The van der Waals surface area contributed by atoms with Crippen LogP contribution in [-0.4, -0.2) is 65.9 Å². The van der Waals surface area contributed by atoms with Crippen LogP contribution < -0.4 is 10.2 Å². The highest BCUT2D eigenvalue weighted by Crippen LogP contribution is 2.14. The molecule has 28 heavy (non-hydrogen) atoms. The second kappa shape index (κ2) is 10.1. The molecule has 1 aliphatic rings. The molecule has 1 saturated heterocycles. The predicted molar refractivity (Wildman–Crippen MR) is 114 cm³/mol. The van der Waals surface area contributed by atoms with Gasteiger partial charge >= 0.3 is 0 Å². The number of hydrogen-bond acceptors (Lipinski definition) is 5. The second-order valence-electron chi connectivity index (χ2n) is 6.67. The summed E-state index contributed by atoms with van der Waals surface area (Å²) >= 11 is 1.68. The molecule has 148 valence electrons. The fourth-order valence-electron chi connectivity index (χ4n) is 3.24. The van der Waals surface area contributed by atoms with E-state index in [-0.39, 0.29) is 11.8 Å². The number of carbonyl (C=O) groups excluding carboxylic acids is 2. The summed E-state index contributed by atoms with van der Waals surface area (Å²) in [6.07, 6.45) is 4.41. The van der Waals surface area contributed by atoms with Gasteiger partial charge in [0.15, 0.2) is 0 Å². The molecule has 0 saturated carbocycles. The minimum atomic E-state index is -0.499. The van der Waals surface area contributed by atoms with Crippen molar-refractivity contribution in [3.8, 4) is 0 Å². The molecule has 0 radical (unpaired) electrons. The third-order valence-electron chi connectivity index (χ3n) is 4.81. The first-order chi connectivity index (χ1) is 13.7. The van der Waals surface area contributed by atoms with Crippen LogP contribution in [-0.2, 0) is 4.79 Å². The average Bonchev–Trinajstić information content (AvgIpc) is 2.77. The predicted octanol–water partition coefficient (Wildman–Crippen LogP) is 2.28. The first-order valence-electron chi connectivity index (χ1n) is 9.48. The maximum Gasteiger partial charge on any atom is 0.251 e. The number of carbonyl (C=O) groups is 2. The molecule has 2 amide bonds. The van der Waals surface area contributed by atoms with Gasteiger partial charge in [0.05, 0.1) is 0 Å². The number of aromatic nitrogens is 1. The Labute approximate surface area is 170 Å². The van der Waals surface area contributed by atoms with Crippen LogP contribution in [0.5, 0.6) is 0 Å². The summed E-state index contributed by atoms with van der Waals surface area (Å²) in [6, 6.07) is 14.4. The second-order valence-corrected chi connectivity index (χ2v) is 7.66. The molecule has 6 nitrogen and oxygen atoms in total. The number of nitrogens with zero attached hydrogens (tertiary/aromatic N) is 3. The number of piperazine rings is 1. The maximum absolute atomic E-state index is 13.1. The van der Waals surface area contributed by atoms with Crippen molar-refractivity contribution >= 4 is 29.4 Å². The summed E-state index contributed by atoms with van der Waals surface area (Å²) in [6.45, 7) is 2.74. The molecule has 1 N–H and O–H groups in total. The van der Waals surface area contributed by atoms with E-state index in [1.54, 1.807) is 30.1 Å². The molecule has 7 heteroatoms. The fraction of sp³-hybridized carbons (Fsp3) is 0.381. The molecule has 2 aromatic rings. The van der Waals surface area contributed by atoms with E-state index in [1.807, 2.05) is 47.6 Å². The summed E-state index contributed by atoms with van der Waals surface area (Å²) < 4.78 is 0. The quantitative estimate of drug-likeness (QED) is 0.775. The van der Waals surface area contributed by atoms with Gasteiger partial charge in [0.1, 0.15) is 11.9 Å². The maximum atomic E-state index is 13.1. The zero-order valence-electron chi connectivity index (χ0n) is 16.1. The highest BCUT2D eigenvalue weighted by molar-refractivity contribution is 7.98. The molecule has 1 aromatic heterocycles. The van der Waals surface area contributed by atoms with Crippen molar-refractivity contribution < 1.29 is 9.59 Å². The van der Waals surface area contributed by atoms with Gasteiger partial charge in [-0.15, -0.1) is 0 Å². The van der Waals surface area contributed by atoms with Crippen molar-refractivity contribution in [1.29, 1.82) is 0 Å². The SMILES string of the molecule is CSCC[C@H](NC(=O)c1ccccc1)C(=O)N1CCN(c2ccccn2)CC1. The Kier molecular flexibility index (Phi) is 7.31. The van der Waals surface area contributed by atoms with E-state index in [1.165, 1.54) is 0 Å². The van der Waals surface area contributed by atoms with Crippen LogP contribution in [0.15, 0.2) is 54.7 Å². The van der Waals surface area contributed by atoms with Crippen molar-refractivity contribution in [2.75, 3.05) is 43.1 Å². The Hall–Kier alpha value is -2.54. The monoisotopic (exact) mass is 398 g/mol. The largest absolute Gasteiger partial charge is 0.353 e. The molecule has 1 fully saturated rings. The van der Waals surface area contributed by atoms with Crippen LogP contribution >= 0.6 is 11.8 Å². The summed E-state index contributed by atoms with van der Waals surface area (Å²) in [5.74, 6) is 1.55. The molecule has 2 heterocycles. The van der Waals surface area contributed by atoms with Gasteiger partial charge in [0.25, 0.3) is 5.91 Å². The number of anilines is 1. The molecular weight excluding hydrogens is 372 g/mol. The number of rotatable bonds is 7. The number of thioether (sulfide) groups is 1.